The first-order valence-electron chi connectivity index (χ1n) is 5.84. The van der Waals surface area contributed by atoms with E-state index >= 15 is 0 Å². The Hall–Kier alpha value is -2.30. The predicted octanol–water partition coefficient (Wildman–Crippen LogP) is 1.73. The van der Waals surface area contributed by atoms with Crippen LogP contribution < -0.4 is 9.62 Å². The van der Waals surface area contributed by atoms with Crippen LogP contribution in [0, 0.1) is 0 Å². The van der Waals surface area contributed by atoms with Gasteiger partial charge in [-0.25, -0.2) is 9.78 Å². The molecule has 1 aromatic carbocycles. The predicted molar refractivity (Wildman–Crippen MR) is 80.9 cm³/mol. The van der Waals surface area contributed by atoms with Gasteiger partial charge in [0.1, 0.15) is 5.00 Å². The average molecular weight is 340 g/mol. The minimum Gasteiger partial charge on any atom is -0.755 e. The lowest BCUT2D eigenvalue weighted by atomic mass is 10.2. The summed E-state index contributed by atoms with van der Waals surface area (Å²) in [6.45, 7) is 1.35. The zero-order chi connectivity index (χ0) is 16.3. The zero-order valence-electron chi connectivity index (χ0n) is 11.2. The molecule has 0 spiro atoms. The number of aromatic nitrogens is 1. The first-order chi connectivity index (χ1) is 10.4. The van der Waals surface area contributed by atoms with Gasteiger partial charge in [-0.2, -0.15) is 0 Å². The summed E-state index contributed by atoms with van der Waals surface area (Å²) in [5.74, 6) is -1.57. The Morgan fingerprint density at radius 1 is 1.36 bits per heavy atom. The molecule has 0 aliphatic heterocycles. The molecule has 1 aromatic heterocycles. The van der Waals surface area contributed by atoms with Gasteiger partial charge in [-0.15, -0.1) is 11.3 Å². The van der Waals surface area contributed by atoms with Crippen LogP contribution in [-0.2, 0) is 16.1 Å². The van der Waals surface area contributed by atoms with E-state index in [-0.39, 0.29) is 22.3 Å². The summed E-state index contributed by atoms with van der Waals surface area (Å²) >= 11 is -1.83. The minimum absolute atomic E-state index is 0.0203. The molecule has 1 atom stereocenters. The third-order valence-corrected chi connectivity index (χ3v) is 4.12. The van der Waals surface area contributed by atoms with Gasteiger partial charge in [-0.05, 0) is 24.3 Å². The number of amides is 1. The smallest absolute Gasteiger partial charge is 0.357 e. The molecule has 8 nitrogen and oxygen atoms in total. The van der Waals surface area contributed by atoms with Crippen LogP contribution in [0.5, 0.6) is 0 Å². The molecule has 0 fully saturated rings. The van der Waals surface area contributed by atoms with E-state index in [1.807, 2.05) is 0 Å². The fraction of sp³-hybridized carbons (Fsp3) is 0.0833. The topological polar surface area (TPSA) is 123 Å². The number of aromatic carboxylic acids is 1. The number of carboxylic acid groups (broad SMARTS) is 1. The SMILES string of the molecule is CC(=O)Nc1ccc(N(c2scnc2C(=O)O)S(=O)[O-])cc1. The van der Waals surface area contributed by atoms with Crippen LogP contribution in [0.4, 0.5) is 16.4 Å². The highest BCUT2D eigenvalue weighted by Gasteiger charge is 2.21. The van der Waals surface area contributed by atoms with Gasteiger partial charge in [-0.3, -0.25) is 13.3 Å². The van der Waals surface area contributed by atoms with Crippen LogP contribution in [0.25, 0.3) is 0 Å². The van der Waals surface area contributed by atoms with Crippen molar-refractivity contribution in [3.63, 3.8) is 0 Å². The quantitative estimate of drug-likeness (QED) is 0.799. The van der Waals surface area contributed by atoms with E-state index in [0.717, 1.165) is 15.6 Å². The first-order valence-corrected chi connectivity index (χ1v) is 7.75. The molecule has 0 aliphatic carbocycles. The molecule has 0 aliphatic rings. The number of carbonyl (C=O) groups excluding carboxylic acids is 1. The molecular weight excluding hydrogens is 330 g/mol. The molecule has 0 bridgehead atoms. The molecule has 2 aromatic rings. The molecule has 2 rings (SSSR count). The van der Waals surface area contributed by atoms with Gasteiger partial charge >= 0.3 is 5.97 Å². The number of hydrogen-bond acceptors (Lipinski definition) is 6. The lowest BCUT2D eigenvalue weighted by Crippen LogP contribution is -2.20. The molecule has 1 amide bonds. The summed E-state index contributed by atoms with van der Waals surface area (Å²) < 4.78 is 23.8. The molecule has 0 radical (unpaired) electrons. The highest BCUT2D eigenvalue weighted by Crippen LogP contribution is 2.33. The number of hydrogen-bond donors (Lipinski definition) is 2. The Morgan fingerprint density at radius 3 is 2.50 bits per heavy atom. The summed E-state index contributed by atoms with van der Waals surface area (Å²) in [6.07, 6.45) is 0. The maximum absolute atomic E-state index is 11.5. The van der Waals surface area contributed by atoms with Gasteiger partial charge in [0.25, 0.3) is 0 Å². The number of nitrogens with one attached hydrogen (secondary N) is 1. The lowest BCUT2D eigenvalue weighted by molar-refractivity contribution is -0.114. The van der Waals surface area contributed by atoms with E-state index in [0.29, 0.717) is 5.69 Å². The molecule has 2 N–H and O–H groups in total. The van der Waals surface area contributed by atoms with Crippen molar-refractivity contribution in [3.8, 4) is 0 Å². The number of nitrogens with zero attached hydrogens (tertiary/aromatic N) is 2. The largest absolute Gasteiger partial charge is 0.755 e. The summed E-state index contributed by atoms with van der Waals surface area (Å²) in [6, 6.07) is 5.93. The van der Waals surface area contributed by atoms with Gasteiger partial charge in [0.2, 0.25) is 5.91 Å². The summed E-state index contributed by atoms with van der Waals surface area (Å²) in [7, 11) is 0. The van der Waals surface area contributed by atoms with Gasteiger partial charge in [-0.1, -0.05) is 0 Å². The van der Waals surface area contributed by atoms with E-state index in [2.05, 4.69) is 10.3 Å². The van der Waals surface area contributed by atoms with Crippen LogP contribution in [0.3, 0.4) is 0 Å². The molecule has 10 heteroatoms. The molecular formula is C12H10N3O5S2-. The van der Waals surface area contributed by atoms with E-state index in [4.69, 9.17) is 5.11 Å². The van der Waals surface area contributed by atoms with Gasteiger partial charge < -0.3 is 15.0 Å². The molecule has 22 heavy (non-hydrogen) atoms. The fourth-order valence-electron chi connectivity index (χ4n) is 1.69. The third kappa shape index (κ3) is 3.47. The highest BCUT2D eigenvalue weighted by molar-refractivity contribution is 7.81. The van der Waals surface area contributed by atoms with E-state index in [9.17, 15) is 18.4 Å². The van der Waals surface area contributed by atoms with Crippen molar-refractivity contribution in [1.82, 2.24) is 4.98 Å². The monoisotopic (exact) mass is 340 g/mol. The number of carboxylic acids is 1. The van der Waals surface area contributed by atoms with Gasteiger partial charge in [0.05, 0.1) is 22.5 Å². The van der Waals surface area contributed by atoms with E-state index in [1.165, 1.54) is 36.7 Å². The van der Waals surface area contributed by atoms with Crippen LogP contribution in [0.1, 0.15) is 17.4 Å². The Kier molecular flexibility index (Phi) is 4.85. The number of carbonyl (C=O) groups is 2. The molecule has 0 saturated heterocycles. The van der Waals surface area contributed by atoms with E-state index < -0.39 is 17.2 Å². The Morgan fingerprint density at radius 2 is 2.00 bits per heavy atom. The summed E-state index contributed by atoms with van der Waals surface area (Å²) in [5.41, 5.74) is 1.63. The minimum atomic E-state index is -2.72. The Bertz CT molecular complexity index is 729. The second-order valence-electron chi connectivity index (χ2n) is 4.05. The van der Waals surface area contributed by atoms with Crippen LogP contribution in [0.2, 0.25) is 0 Å². The van der Waals surface area contributed by atoms with Crippen LogP contribution in [0.15, 0.2) is 29.8 Å². The Labute approximate surface area is 131 Å². The first kappa shape index (κ1) is 16.1. The number of rotatable bonds is 5. The lowest BCUT2D eigenvalue weighted by Gasteiger charge is -2.25. The zero-order valence-corrected chi connectivity index (χ0v) is 12.8. The van der Waals surface area contributed by atoms with Crippen molar-refractivity contribution in [2.45, 2.75) is 6.92 Å². The standard InChI is InChI=1S/C12H11N3O5S2/c1-7(16)14-8-2-4-9(5-3-8)15(22(19)20)11-10(12(17)18)13-6-21-11/h2-6H,1H3,(H,14,16)(H,17,18)(H,19,20)/p-1. The normalized spacial score (nSPS) is 11.7. The molecule has 1 heterocycles. The van der Waals surface area contributed by atoms with Crippen molar-refractivity contribution < 1.29 is 23.5 Å². The summed E-state index contributed by atoms with van der Waals surface area (Å²) in [5, 5.41) is 11.6. The van der Waals surface area contributed by atoms with Crippen molar-refractivity contribution in [3.05, 3.63) is 35.5 Å². The van der Waals surface area contributed by atoms with Gasteiger partial charge in [0, 0.05) is 12.6 Å². The van der Waals surface area contributed by atoms with Crippen molar-refractivity contribution in [1.29, 1.82) is 0 Å². The second-order valence-corrected chi connectivity index (χ2v) is 5.68. The third-order valence-electron chi connectivity index (χ3n) is 2.51. The highest BCUT2D eigenvalue weighted by atomic mass is 32.2. The summed E-state index contributed by atoms with van der Waals surface area (Å²) in [4.78, 5) is 25.7. The van der Waals surface area contributed by atoms with Crippen LogP contribution in [-0.4, -0.2) is 30.7 Å². The number of anilines is 3. The van der Waals surface area contributed by atoms with Crippen molar-refractivity contribution >= 4 is 50.9 Å². The fourth-order valence-corrected chi connectivity index (χ4v) is 3.22. The number of benzene rings is 1. The van der Waals surface area contributed by atoms with Crippen molar-refractivity contribution in [2.75, 3.05) is 9.62 Å². The molecule has 0 saturated carbocycles. The average Bonchev–Trinajstić information content (AvgIpc) is 2.89. The molecule has 116 valence electrons. The number of thiazole rings is 1. The second kappa shape index (κ2) is 6.64. The molecule has 1 unspecified atom stereocenters. The van der Waals surface area contributed by atoms with E-state index in [1.54, 1.807) is 0 Å². The van der Waals surface area contributed by atoms with Crippen molar-refractivity contribution in [2.24, 2.45) is 0 Å². The van der Waals surface area contributed by atoms with Crippen LogP contribution >= 0.6 is 11.3 Å². The Balaban J connectivity index is 2.40. The van der Waals surface area contributed by atoms with Gasteiger partial charge in [0.15, 0.2) is 5.69 Å². The maximum Gasteiger partial charge on any atom is 0.357 e. The maximum atomic E-state index is 11.5.